The molecule has 0 radical (unpaired) electrons. The molecule has 1 aromatic rings. The van der Waals surface area contributed by atoms with Crippen molar-refractivity contribution < 1.29 is 0 Å². The van der Waals surface area contributed by atoms with Gasteiger partial charge in [-0.2, -0.15) is 0 Å². The van der Waals surface area contributed by atoms with E-state index in [9.17, 15) is 0 Å². The molecule has 2 nitrogen and oxygen atoms in total. The van der Waals surface area contributed by atoms with E-state index >= 15 is 0 Å². The van der Waals surface area contributed by atoms with Gasteiger partial charge in [0.2, 0.25) is 0 Å². The van der Waals surface area contributed by atoms with Crippen LogP contribution in [0, 0.1) is 13.8 Å². The Morgan fingerprint density at radius 2 is 2.10 bits per heavy atom. The summed E-state index contributed by atoms with van der Waals surface area (Å²) >= 11 is 0. The van der Waals surface area contributed by atoms with Gasteiger partial charge in [-0.3, -0.25) is 0 Å². The van der Waals surface area contributed by atoms with Gasteiger partial charge in [-0.1, -0.05) is 0 Å². The Hall–Kier alpha value is -0.760. The van der Waals surface area contributed by atoms with Gasteiger partial charge in [0.05, 0.1) is 0 Å². The highest BCUT2D eigenvalue weighted by Gasteiger charge is 2.04. The lowest BCUT2D eigenvalue weighted by Crippen LogP contribution is -2.06. The molecule has 0 saturated carbocycles. The second-order valence-corrected chi connectivity index (χ2v) is 2.84. The Morgan fingerprint density at radius 1 is 1.50 bits per heavy atom. The molecule has 0 unspecified atom stereocenters. The number of hydrogen-bond acceptors (Lipinski definition) is 1. The summed E-state index contributed by atoms with van der Waals surface area (Å²) in [6.45, 7) is 6.10. The van der Waals surface area contributed by atoms with Gasteiger partial charge in [0, 0.05) is 17.4 Å². The van der Waals surface area contributed by atoms with Gasteiger partial charge >= 0.3 is 0 Å². The quantitative estimate of drug-likeness (QED) is 0.608. The molecule has 1 aromatic heterocycles. The maximum atomic E-state index is 5.70. The Kier molecular flexibility index (Phi) is 1.81. The predicted octanol–water partition coefficient (Wildman–Crippen LogP) is 1.65. The van der Waals surface area contributed by atoms with Crippen molar-refractivity contribution in [3.63, 3.8) is 0 Å². The van der Waals surface area contributed by atoms with Crippen molar-refractivity contribution in [2.45, 2.75) is 26.8 Å². The van der Waals surface area contributed by atoms with E-state index in [-0.39, 0.29) is 6.04 Å². The first-order valence-corrected chi connectivity index (χ1v) is 3.53. The molecule has 56 valence electrons. The fourth-order valence-corrected chi connectivity index (χ4v) is 1.22. The Bertz CT molecular complexity index is 223. The minimum absolute atomic E-state index is 0.119. The molecule has 0 saturated heterocycles. The van der Waals surface area contributed by atoms with E-state index in [2.05, 4.69) is 18.0 Å². The third kappa shape index (κ3) is 1.21. The number of H-pyrrole nitrogens is 1. The van der Waals surface area contributed by atoms with Crippen LogP contribution in [0.4, 0.5) is 0 Å². The average Bonchev–Trinajstić information content (AvgIpc) is 2.10. The molecule has 1 atom stereocenters. The van der Waals surface area contributed by atoms with E-state index in [0.717, 1.165) is 5.69 Å². The second-order valence-electron chi connectivity index (χ2n) is 2.84. The van der Waals surface area contributed by atoms with E-state index in [1.54, 1.807) is 0 Å². The van der Waals surface area contributed by atoms with E-state index in [4.69, 9.17) is 5.73 Å². The smallest absolute Gasteiger partial charge is 0.0421 e. The minimum Gasteiger partial charge on any atom is -0.361 e. The SMILES string of the molecule is Cc1cc(C)c([C@@H](C)N)[nH]1. The van der Waals surface area contributed by atoms with Gasteiger partial charge in [-0.25, -0.2) is 0 Å². The van der Waals surface area contributed by atoms with Crippen LogP contribution in [0.1, 0.15) is 29.9 Å². The number of nitrogens with two attached hydrogens (primary N) is 1. The molecule has 3 N–H and O–H groups in total. The van der Waals surface area contributed by atoms with Crippen LogP contribution < -0.4 is 5.73 Å². The molecular formula is C8H14N2. The molecule has 0 aliphatic heterocycles. The summed E-state index contributed by atoms with van der Waals surface area (Å²) in [4.78, 5) is 3.22. The zero-order valence-corrected chi connectivity index (χ0v) is 6.73. The standard InChI is InChI=1S/C8H14N2/c1-5-4-6(2)10-8(5)7(3)9/h4,7,10H,9H2,1-3H3/t7-/m1/s1. The average molecular weight is 138 g/mol. The van der Waals surface area contributed by atoms with Gasteiger partial charge in [-0.05, 0) is 32.4 Å². The van der Waals surface area contributed by atoms with Crippen molar-refractivity contribution >= 4 is 0 Å². The van der Waals surface area contributed by atoms with Crippen molar-refractivity contribution in [3.05, 3.63) is 23.0 Å². The molecule has 2 heteroatoms. The maximum Gasteiger partial charge on any atom is 0.0421 e. The van der Waals surface area contributed by atoms with E-state index in [1.807, 2.05) is 13.8 Å². The number of nitrogens with one attached hydrogen (secondary N) is 1. The highest BCUT2D eigenvalue weighted by molar-refractivity contribution is 5.25. The van der Waals surface area contributed by atoms with Crippen LogP contribution in [0.2, 0.25) is 0 Å². The van der Waals surface area contributed by atoms with Crippen molar-refractivity contribution in [1.29, 1.82) is 0 Å². The van der Waals surface area contributed by atoms with Crippen molar-refractivity contribution in [2.75, 3.05) is 0 Å². The monoisotopic (exact) mass is 138 g/mol. The first-order chi connectivity index (χ1) is 4.61. The van der Waals surface area contributed by atoms with Gasteiger partial charge in [0.15, 0.2) is 0 Å². The molecular weight excluding hydrogens is 124 g/mol. The summed E-state index contributed by atoms with van der Waals surface area (Å²) in [7, 11) is 0. The summed E-state index contributed by atoms with van der Waals surface area (Å²) in [6.07, 6.45) is 0. The van der Waals surface area contributed by atoms with Crippen LogP contribution in [-0.2, 0) is 0 Å². The lowest BCUT2D eigenvalue weighted by atomic mass is 10.2. The summed E-state index contributed by atoms with van der Waals surface area (Å²) in [6, 6.07) is 2.23. The summed E-state index contributed by atoms with van der Waals surface area (Å²) in [5.41, 5.74) is 9.29. The lowest BCUT2D eigenvalue weighted by Gasteiger charge is -2.02. The van der Waals surface area contributed by atoms with E-state index in [0.29, 0.717) is 0 Å². The Labute approximate surface area is 61.4 Å². The van der Waals surface area contributed by atoms with Crippen molar-refractivity contribution in [1.82, 2.24) is 4.98 Å². The number of aromatic nitrogens is 1. The van der Waals surface area contributed by atoms with Crippen molar-refractivity contribution in [2.24, 2.45) is 5.73 Å². The van der Waals surface area contributed by atoms with E-state index < -0.39 is 0 Å². The van der Waals surface area contributed by atoms with Gasteiger partial charge in [0.25, 0.3) is 0 Å². The molecule has 1 rings (SSSR count). The summed E-state index contributed by atoms with van der Waals surface area (Å²) < 4.78 is 0. The predicted molar refractivity (Wildman–Crippen MR) is 42.9 cm³/mol. The largest absolute Gasteiger partial charge is 0.361 e. The van der Waals surface area contributed by atoms with Gasteiger partial charge in [-0.15, -0.1) is 0 Å². The van der Waals surface area contributed by atoms with E-state index in [1.165, 1.54) is 11.3 Å². The molecule has 0 aliphatic carbocycles. The van der Waals surface area contributed by atoms with Crippen LogP contribution >= 0.6 is 0 Å². The van der Waals surface area contributed by atoms with Crippen molar-refractivity contribution in [3.8, 4) is 0 Å². The zero-order valence-electron chi connectivity index (χ0n) is 6.73. The Balaban J connectivity index is 3.03. The number of aryl methyl sites for hydroxylation is 2. The lowest BCUT2D eigenvalue weighted by molar-refractivity contribution is 0.779. The topological polar surface area (TPSA) is 41.8 Å². The summed E-state index contributed by atoms with van der Waals surface area (Å²) in [5, 5.41) is 0. The Morgan fingerprint density at radius 3 is 2.30 bits per heavy atom. The fourth-order valence-electron chi connectivity index (χ4n) is 1.22. The first kappa shape index (κ1) is 7.35. The first-order valence-electron chi connectivity index (χ1n) is 3.53. The molecule has 0 spiro atoms. The third-order valence-electron chi connectivity index (χ3n) is 1.65. The fraction of sp³-hybridized carbons (Fsp3) is 0.500. The van der Waals surface area contributed by atoms with Crippen LogP contribution in [0.25, 0.3) is 0 Å². The minimum atomic E-state index is 0.119. The number of hydrogen-bond donors (Lipinski definition) is 2. The van der Waals surface area contributed by atoms with Gasteiger partial charge < -0.3 is 10.7 Å². The van der Waals surface area contributed by atoms with Gasteiger partial charge in [0.1, 0.15) is 0 Å². The molecule has 10 heavy (non-hydrogen) atoms. The number of rotatable bonds is 1. The third-order valence-corrected chi connectivity index (χ3v) is 1.65. The highest BCUT2D eigenvalue weighted by Crippen LogP contribution is 2.14. The highest BCUT2D eigenvalue weighted by atomic mass is 14.8. The molecule has 1 heterocycles. The molecule has 0 fully saturated rings. The molecule has 0 aromatic carbocycles. The molecule has 0 aliphatic rings. The van der Waals surface area contributed by atoms with Crippen LogP contribution in [0.3, 0.4) is 0 Å². The van der Waals surface area contributed by atoms with Crippen LogP contribution in [-0.4, -0.2) is 4.98 Å². The second kappa shape index (κ2) is 2.46. The normalized spacial score (nSPS) is 13.6. The zero-order chi connectivity index (χ0) is 7.72. The number of aromatic amines is 1. The maximum absolute atomic E-state index is 5.70. The molecule has 0 bridgehead atoms. The molecule has 0 amide bonds. The summed E-state index contributed by atoms with van der Waals surface area (Å²) in [5.74, 6) is 0. The van der Waals surface area contributed by atoms with Crippen LogP contribution in [0.5, 0.6) is 0 Å². The van der Waals surface area contributed by atoms with Crippen LogP contribution in [0.15, 0.2) is 6.07 Å².